The molecule has 1 heterocycles. The van der Waals surface area contributed by atoms with Gasteiger partial charge in [-0.1, -0.05) is 36.4 Å². The highest BCUT2D eigenvalue weighted by atomic mass is 16.5. The Labute approximate surface area is 112 Å². The molecular formula is C17H15NO. The molecule has 0 saturated heterocycles. The molecule has 0 radical (unpaired) electrons. The number of ether oxygens (including phenoxy) is 1. The molecule has 1 aromatic heterocycles. The molecule has 19 heavy (non-hydrogen) atoms. The van der Waals surface area contributed by atoms with Crippen LogP contribution in [0.4, 0.5) is 0 Å². The van der Waals surface area contributed by atoms with Crippen LogP contribution in [0.5, 0.6) is 5.75 Å². The number of benzene rings is 2. The molecule has 0 aliphatic rings. The molecule has 2 heteroatoms. The normalized spacial score (nSPS) is 10.6. The first-order valence-corrected chi connectivity index (χ1v) is 6.35. The van der Waals surface area contributed by atoms with Crippen molar-refractivity contribution in [1.29, 1.82) is 0 Å². The fourth-order valence-corrected chi connectivity index (χ4v) is 2.03. The minimum Gasteiger partial charge on any atom is -0.489 e. The van der Waals surface area contributed by atoms with Crippen LogP contribution in [0, 0.1) is 6.92 Å². The van der Waals surface area contributed by atoms with Gasteiger partial charge < -0.3 is 4.74 Å². The second-order valence-electron chi connectivity index (χ2n) is 4.58. The summed E-state index contributed by atoms with van der Waals surface area (Å²) in [5.74, 6) is 0.856. The summed E-state index contributed by atoms with van der Waals surface area (Å²) in [4.78, 5) is 4.51. The van der Waals surface area contributed by atoms with Crippen LogP contribution >= 0.6 is 0 Å². The molecule has 0 unspecified atom stereocenters. The fourth-order valence-electron chi connectivity index (χ4n) is 2.03. The van der Waals surface area contributed by atoms with Crippen molar-refractivity contribution in [3.63, 3.8) is 0 Å². The first-order valence-electron chi connectivity index (χ1n) is 6.35. The van der Waals surface area contributed by atoms with Gasteiger partial charge in [0.25, 0.3) is 0 Å². The quantitative estimate of drug-likeness (QED) is 0.696. The number of hydrogen-bond acceptors (Lipinski definition) is 2. The lowest BCUT2D eigenvalue weighted by Crippen LogP contribution is -1.95. The average Bonchev–Trinajstić information content (AvgIpc) is 2.46. The number of nitrogens with zero attached hydrogens (tertiary/aromatic N) is 1. The van der Waals surface area contributed by atoms with Crippen LogP contribution in [0.2, 0.25) is 0 Å². The van der Waals surface area contributed by atoms with Gasteiger partial charge in [0, 0.05) is 17.1 Å². The third-order valence-corrected chi connectivity index (χ3v) is 3.05. The van der Waals surface area contributed by atoms with Gasteiger partial charge in [-0.3, -0.25) is 4.98 Å². The van der Waals surface area contributed by atoms with Gasteiger partial charge in [0.15, 0.2) is 0 Å². The second kappa shape index (κ2) is 5.11. The summed E-state index contributed by atoms with van der Waals surface area (Å²) < 4.78 is 5.80. The Morgan fingerprint density at radius 1 is 0.947 bits per heavy atom. The van der Waals surface area contributed by atoms with Crippen molar-refractivity contribution in [2.24, 2.45) is 0 Å². The van der Waals surface area contributed by atoms with E-state index in [9.17, 15) is 0 Å². The van der Waals surface area contributed by atoms with Crippen molar-refractivity contribution in [1.82, 2.24) is 4.98 Å². The van der Waals surface area contributed by atoms with Crippen LogP contribution in [-0.4, -0.2) is 4.98 Å². The van der Waals surface area contributed by atoms with Crippen molar-refractivity contribution in [2.75, 3.05) is 0 Å². The summed E-state index contributed by atoms with van der Waals surface area (Å²) in [6.07, 6.45) is 0. The Morgan fingerprint density at radius 2 is 1.74 bits per heavy atom. The Morgan fingerprint density at radius 3 is 2.58 bits per heavy atom. The maximum absolute atomic E-state index is 5.80. The molecule has 0 saturated carbocycles. The number of aromatic nitrogens is 1. The van der Waals surface area contributed by atoms with Gasteiger partial charge in [-0.05, 0) is 30.7 Å². The Bertz CT molecular complexity index is 692. The van der Waals surface area contributed by atoms with Crippen molar-refractivity contribution < 1.29 is 4.74 Å². The largest absolute Gasteiger partial charge is 0.489 e. The predicted octanol–water partition coefficient (Wildman–Crippen LogP) is 4.12. The summed E-state index contributed by atoms with van der Waals surface area (Å²) in [5.41, 5.74) is 3.16. The van der Waals surface area contributed by atoms with E-state index in [0.29, 0.717) is 6.61 Å². The van der Waals surface area contributed by atoms with Crippen LogP contribution < -0.4 is 4.74 Å². The minimum absolute atomic E-state index is 0.582. The summed E-state index contributed by atoms with van der Waals surface area (Å²) in [5, 5.41) is 1.14. The fraction of sp³-hybridized carbons (Fsp3) is 0.118. The Hall–Kier alpha value is -2.35. The zero-order valence-electron chi connectivity index (χ0n) is 10.8. The molecule has 0 N–H and O–H groups in total. The molecule has 2 nitrogen and oxygen atoms in total. The number of pyridine rings is 1. The van der Waals surface area contributed by atoms with E-state index in [4.69, 9.17) is 4.74 Å². The van der Waals surface area contributed by atoms with Gasteiger partial charge in [-0.25, -0.2) is 0 Å². The monoisotopic (exact) mass is 249 g/mol. The summed E-state index contributed by atoms with van der Waals surface area (Å²) in [6.45, 7) is 2.58. The molecule has 0 amide bonds. The van der Waals surface area contributed by atoms with E-state index in [-0.39, 0.29) is 0 Å². The van der Waals surface area contributed by atoms with E-state index in [2.05, 4.69) is 23.2 Å². The van der Waals surface area contributed by atoms with E-state index in [1.165, 1.54) is 5.56 Å². The third-order valence-electron chi connectivity index (χ3n) is 3.05. The molecule has 0 aliphatic heterocycles. The summed E-state index contributed by atoms with van der Waals surface area (Å²) in [6, 6.07) is 20.3. The zero-order chi connectivity index (χ0) is 13.1. The van der Waals surface area contributed by atoms with Crippen molar-refractivity contribution in [3.8, 4) is 5.75 Å². The first-order chi connectivity index (χ1) is 9.31. The number of fused-ring (bicyclic) bond motifs is 1. The van der Waals surface area contributed by atoms with Crippen LogP contribution in [0.25, 0.3) is 10.9 Å². The minimum atomic E-state index is 0.582. The van der Waals surface area contributed by atoms with E-state index in [1.807, 2.05) is 49.4 Å². The lowest BCUT2D eigenvalue weighted by molar-refractivity contribution is 0.306. The number of rotatable bonds is 3. The topological polar surface area (TPSA) is 22.1 Å². The molecule has 0 atom stereocenters. The molecule has 3 rings (SSSR count). The van der Waals surface area contributed by atoms with Crippen LogP contribution in [0.3, 0.4) is 0 Å². The molecule has 0 spiro atoms. The van der Waals surface area contributed by atoms with Gasteiger partial charge in [-0.2, -0.15) is 0 Å². The molecule has 2 aromatic carbocycles. The highest BCUT2D eigenvalue weighted by Crippen LogP contribution is 2.20. The molecule has 0 bridgehead atoms. The van der Waals surface area contributed by atoms with Crippen molar-refractivity contribution in [2.45, 2.75) is 13.5 Å². The molecule has 0 aliphatic carbocycles. The van der Waals surface area contributed by atoms with Crippen molar-refractivity contribution in [3.05, 3.63) is 71.9 Å². The number of aryl methyl sites for hydroxylation is 1. The van der Waals surface area contributed by atoms with Gasteiger partial charge in [0.1, 0.15) is 12.4 Å². The van der Waals surface area contributed by atoms with Gasteiger partial charge in [-0.15, -0.1) is 0 Å². The van der Waals surface area contributed by atoms with Crippen LogP contribution in [0.15, 0.2) is 60.7 Å². The zero-order valence-corrected chi connectivity index (χ0v) is 10.8. The molecule has 94 valence electrons. The smallest absolute Gasteiger partial charge is 0.122 e. The van der Waals surface area contributed by atoms with Gasteiger partial charge >= 0.3 is 0 Å². The highest BCUT2D eigenvalue weighted by Gasteiger charge is 2.00. The predicted molar refractivity (Wildman–Crippen MR) is 77.3 cm³/mol. The van der Waals surface area contributed by atoms with Gasteiger partial charge in [0.05, 0.1) is 5.52 Å². The van der Waals surface area contributed by atoms with Crippen molar-refractivity contribution >= 4 is 10.9 Å². The maximum atomic E-state index is 5.80. The summed E-state index contributed by atoms with van der Waals surface area (Å²) in [7, 11) is 0. The second-order valence-corrected chi connectivity index (χ2v) is 4.58. The van der Waals surface area contributed by atoms with Crippen LogP contribution in [0.1, 0.15) is 11.3 Å². The summed E-state index contributed by atoms with van der Waals surface area (Å²) >= 11 is 0. The van der Waals surface area contributed by atoms with Gasteiger partial charge in [0.2, 0.25) is 0 Å². The first kappa shape index (κ1) is 11.7. The van der Waals surface area contributed by atoms with E-state index in [1.54, 1.807) is 0 Å². The van der Waals surface area contributed by atoms with E-state index < -0.39 is 0 Å². The van der Waals surface area contributed by atoms with E-state index >= 15 is 0 Å². The molecule has 0 fully saturated rings. The Kier molecular flexibility index (Phi) is 3.15. The molecular weight excluding hydrogens is 234 g/mol. The standard InChI is InChI=1S/C17H15NO/c1-13-7-8-15-9-10-16(11-17(15)18-13)19-12-14-5-3-2-4-6-14/h2-11H,12H2,1H3. The van der Waals surface area contributed by atoms with E-state index in [0.717, 1.165) is 22.3 Å². The Balaban J connectivity index is 1.81. The SMILES string of the molecule is Cc1ccc2ccc(OCc3ccccc3)cc2n1. The lowest BCUT2D eigenvalue weighted by Gasteiger charge is -2.07. The average molecular weight is 249 g/mol. The number of hydrogen-bond donors (Lipinski definition) is 0. The lowest BCUT2D eigenvalue weighted by atomic mass is 10.2. The van der Waals surface area contributed by atoms with Crippen LogP contribution in [-0.2, 0) is 6.61 Å². The molecule has 3 aromatic rings. The third kappa shape index (κ3) is 2.74. The maximum Gasteiger partial charge on any atom is 0.122 e. The highest BCUT2D eigenvalue weighted by molar-refractivity contribution is 5.80.